The van der Waals surface area contributed by atoms with E-state index in [0.717, 1.165) is 25.7 Å². The minimum atomic E-state index is -0.429. The fourth-order valence-electron chi connectivity index (χ4n) is 4.78. The number of nitrogens with zero attached hydrogens (tertiary/aromatic N) is 2. The SMILES string of the molecule is CNC(=O)CCc1ccc2[nH]c(C(NC(=O)c3conc3C)C3CCCCCCC3)nc2c1F. The van der Waals surface area contributed by atoms with Gasteiger partial charge in [0.25, 0.3) is 5.91 Å². The Bertz CT molecular complexity index is 1150. The molecular weight excluding hydrogens is 437 g/mol. The van der Waals surface area contributed by atoms with E-state index in [9.17, 15) is 9.59 Å². The lowest BCUT2D eigenvalue weighted by Crippen LogP contribution is -2.35. The van der Waals surface area contributed by atoms with Crippen LogP contribution in [0.1, 0.15) is 84.8 Å². The second kappa shape index (κ2) is 10.8. The zero-order valence-corrected chi connectivity index (χ0v) is 19.7. The first-order valence-electron chi connectivity index (χ1n) is 12.1. The van der Waals surface area contributed by atoms with E-state index in [4.69, 9.17) is 4.52 Å². The van der Waals surface area contributed by atoms with Gasteiger partial charge in [-0.3, -0.25) is 9.59 Å². The molecule has 8 nitrogen and oxygen atoms in total. The van der Waals surface area contributed by atoms with Crippen LogP contribution in [-0.2, 0) is 11.2 Å². The van der Waals surface area contributed by atoms with Gasteiger partial charge in [-0.15, -0.1) is 0 Å². The second-order valence-corrected chi connectivity index (χ2v) is 9.10. The third-order valence-corrected chi connectivity index (χ3v) is 6.79. The highest BCUT2D eigenvalue weighted by Gasteiger charge is 2.30. The molecule has 1 saturated carbocycles. The molecule has 0 bridgehead atoms. The van der Waals surface area contributed by atoms with Gasteiger partial charge >= 0.3 is 0 Å². The van der Waals surface area contributed by atoms with Crippen molar-refractivity contribution in [3.8, 4) is 0 Å². The molecule has 1 aliphatic rings. The summed E-state index contributed by atoms with van der Waals surface area (Å²) in [6.07, 6.45) is 9.51. The number of aryl methyl sites for hydroxylation is 2. The molecule has 182 valence electrons. The topological polar surface area (TPSA) is 113 Å². The van der Waals surface area contributed by atoms with Crippen LogP contribution in [0, 0.1) is 18.7 Å². The standard InChI is InChI=1S/C25H32FN5O3/c1-15-18(14-34-31-15)25(33)30-22(17-8-6-4-3-5-7-9-17)24-28-19-12-10-16(11-13-20(32)27-2)21(26)23(19)29-24/h10,12,14,17,22H,3-9,11,13H2,1-2H3,(H,27,32)(H,28,29)(H,30,33). The number of hydrogen-bond acceptors (Lipinski definition) is 5. The summed E-state index contributed by atoms with van der Waals surface area (Å²) in [6.45, 7) is 1.72. The third-order valence-electron chi connectivity index (χ3n) is 6.79. The number of aromatic nitrogens is 3. The Hall–Kier alpha value is -3.23. The lowest BCUT2D eigenvalue weighted by atomic mass is 9.85. The lowest BCUT2D eigenvalue weighted by molar-refractivity contribution is -0.120. The molecule has 2 heterocycles. The van der Waals surface area contributed by atoms with E-state index in [1.54, 1.807) is 26.1 Å². The average Bonchev–Trinajstić information content (AvgIpc) is 3.43. The average molecular weight is 470 g/mol. The number of H-pyrrole nitrogens is 1. The van der Waals surface area contributed by atoms with Crippen molar-refractivity contribution in [3.05, 3.63) is 46.9 Å². The molecule has 1 aromatic carbocycles. The van der Waals surface area contributed by atoms with Crippen molar-refractivity contribution in [1.82, 2.24) is 25.8 Å². The molecule has 0 aliphatic heterocycles. The number of halogens is 1. The molecule has 2 aromatic heterocycles. The number of amides is 2. The second-order valence-electron chi connectivity index (χ2n) is 9.10. The molecule has 1 atom stereocenters. The van der Waals surface area contributed by atoms with Crippen molar-refractivity contribution in [3.63, 3.8) is 0 Å². The van der Waals surface area contributed by atoms with E-state index in [1.807, 2.05) is 0 Å². The van der Waals surface area contributed by atoms with Crippen molar-refractivity contribution < 1.29 is 18.5 Å². The van der Waals surface area contributed by atoms with Crippen LogP contribution in [-0.4, -0.2) is 34.0 Å². The maximum absolute atomic E-state index is 15.3. The van der Waals surface area contributed by atoms with Gasteiger partial charge in [0.2, 0.25) is 5.91 Å². The molecule has 34 heavy (non-hydrogen) atoms. The van der Waals surface area contributed by atoms with Crippen molar-refractivity contribution in [2.45, 2.75) is 70.8 Å². The highest BCUT2D eigenvalue weighted by atomic mass is 19.1. The number of hydrogen-bond donors (Lipinski definition) is 3. The van der Waals surface area contributed by atoms with Crippen molar-refractivity contribution >= 4 is 22.8 Å². The predicted octanol–water partition coefficient (Wildman–Crippen LogP) is 4.51. The van der Waals surface area contributed by atoms with E-state index < -0.39 is 5.82 Å². The summed E-state index contributed by atoms with van der Waals surface area (Å²) in [4.78, 5) is 32.5. The number of carbonyl (C=O) groups is 2. The summed E-state index contributed by atoms with van der Waals surface area (Å²) < 4.78 is 20.2. The first kappa shape index (κ1) is 23.9. The van der Waals surface area contributed by atoms with Gasteiger partial charge in [0.1, 0.15) is 23.2 Å². The third kappa shape index (κ3) is 5.29. The summed E-state index contributed by atoms with van der Waals surface area (Å²) in [7, 11) is 1.56. The zero-order chi connectivity index (χ0) is 24.1. The highest BCUT2D eigenvalue weighted by molar-refractivity contribution is 5.95. The first-order chi connectivity index (χ1) is 16.5. The van der Waals surface area contributed by atoms with Crippen LogP contribution in [0.25, 0.3) is 11.0 Å². The van der Waals surface area contributed by atoms with Crippen molar-refractivity contribution in [1.29, 1.82) is 0 Å². The monoisotopic (exact) mass is 469 g/mol. The van der Waals surface area contributed by atoms with Crippen LogP contribution in [0.4, 0.5) is 4.39 Å². The lowest BCUT2D eigenvalue weighted by Gasteiger charge is -2.28. The number of carbonyl (C=O) groups excluding carboxylic acids is 2. The van der Waals surface area contributed by atoms with Crippen molar-refractivity contribution in [2.75, 3.05) is 7.05 Å². The number of aromatic amines is 1. The van der Waals surface area contributed by atoms with Gasteiger partial charge < -0.3 is 20.1 Å². The van der Waals surface area contributed by atoms with E-state index >= 15 is 4.39 Å². The van der Waals surface area contributed by atoms with Gasteiger partial charge in [0.15, 0.2) is 5.82 Å². The summed E-state index contributed by atoms with van der Waals surface area (Å²) in [5.41, 5.74) is 2.15. The predicted molar refractivity (Wildman–Crippen MR) is 126 cm³/mol. The Balaban J connectivity index is 1.65. The number of imidazole rings is 1. The molecule has 3 N–H and O–H groups in total. The van der Waals surface area contributed by atoms with Gasteiger partial charge in [-0.05, 0) is 43.7 Å². The summed E-state index contributed by atoms with van der Waals surface area (Å²) in [6, 6.07) is 3.09. The summed E-state index contributed by atoms with van der Waals surface area (Å²) in [5, 5.41) is 9.50. The summed E-state index contributed by atoms with van der Waals surface area (Å²) >= 11 is 0. The Kier molecular flexibility index (Phi) is 7.59. The van der Waals surface area contributed by atoms with Gasteiger partial charge in [0, 0.05) is 13.5 Å². The smallest absolute Gasteiger partial charge is 0.257 e. The molecule has 4 rings (SSSR count). The first-order valence-corrected chi connectivity index (χ1v) is 12.1. The number of benzene rings is 1. The van der Waals surface area contributed by atoms with Crippen LogP contribution in [0.5, 0.6) is 0 Å². The molecule has 0 radical (unpaired) electrons. The van der Waals surface area contributed by atoms with Crippen LogP contribution in [0.3, 0.4) is 0 Å². The van der Waals surface area contributed by atoms with Crippen LogP contribution < -0.4 is 10.6 Å². The fourth-order valence-corrected chi connectivity index (χ4v) is 4.78. The van der Waals surface area contributed by atoms with E-state index in [2.05, 4.69) is 25.8 Å². The number of rotatable bonds is 7. The molecule has 9 heteroatoms. The molecule has 0 saturated heterocycles. The minimum Gasteiger partial charge on any atom is -0.364 e. The van der Waals surface area contributed by atoms with Crippen LogP contribution >= 0.6 is 0 Å². The molecule has 1 fully saturated rings. The van der Waals surface area contributed by atoms with Gasteiger partial charge in [-0.1, -0.05) is 43.3 Å². The molecular formula is C25H32FN5O3. The highest BCUT2D eigenvalue weighted by Crippen LogP contribution is 2.34. The van der Waals surface area contributed by atoms with Crippen LogP contribution in [0.15, 0.2) is 22.9 Å². The minimum absolute atomic E-state index is 0.140. The maximum atomic E-state index is 15.3. The molecule has 3 aromatic rings. The zero-order valence-electron chi connectivity index (χ0n) is 19.7. The largest absolute Gasteiger partial charge is 0.364 e. The van der Waals surface area contributed by atoms with Crippen molar-refractivity contribution in [2.24, 2.45) is 5.92 Å². The van der Waals surface area contributed by atoms with Crippen LogP contribution in [0.2, 0.25) is 0 Å². The molecule has 2 amide bonds. The Labute approximate surface area is 198 Å². The van der Waals surface area contributed by atoms with Gasteiger partial charge in [0.05, 0.1) is 17.3 Å². The van der Waals surface area contributed by atoms with E-state index in [-0.39, 0.29) is 35.7 Å². The number of fused-ring (bicyclic) bond motifs is 1. The maximum Gasteiger partial charge on any atom is 0.257 e. The van der Waals surface area contributed by atoms with Gasteiger partial charge in [-0.2, -0.15) is 0 Å². The van der Waals surface area contributed by atoms with E-state index in [1.165, 1.54) is 25.5 Å². The summed E-state index contributed by atoms with van der Waals surface area (Å²) in [5.74, 6) is -0.121. The van der Waals surface area contributed by atoms with E-state index in [0.29, 0.717) is 34.6 Å². The molecule has 1 aliphatic carbocycles. The van der Waals surface area contributed by atoms with Gasteiger partial charge in [-0.25, -0.2) is 9.37 Å². The molecule has 1 unspecified atom stereocenters. The number of nitrogens with one attached hydrogen (secondary N) is 3. The Morgan fingerprint density at radius 1 is 1.21 bits per heavy atom. The normalized spacial score (nSPS) is 16.1. The fraction of sp³-hybridized carbons (Fsp3) is 0.520. The Morgan fingerprint density at radius 3 is 2.62 bits per heavy atom. The molecule has 0 spiro atoms. The quantitative estimate of drug-likeness (QED) is 0.471. The Morgan fingerprint density at radius 2 is 1.94 bits per heavy atom.